The molecule has 1 aromatic rings. The lowest BCUT2D eigenvalue weighted by molar-refractivity contribution is -0.121. The van der Waals surface area contributed by atoms with E-state index in [0.29, 0.717) is 0 Å². The SMILES string of the molecule is CCC/C=C\C(=O)NCC(=O)Nc1c(C)cc(C)cc1C. The van der Waals surface area contributed by atoms with Crippen molar-refractivity contribution < 1.29 is 9.59 Å². The Morgan fingerprint density at radius 3 is 2.33 bits per heavy atom. The monoisotopic (exact) mass is 288 g/mol. The number of amides is 2. The van der Waals surface area contributed by atoms with E-state index in [-0.39, 0.29) is 18.4 Å². The first-order valence-corrected chi connectivity index (χ1v) is 7.26. The number of benzene rings is 1. The van der Waals surface area contributed by atoms with Crippen LogP contribution in [0.3, 0.4) is 0 Å². The molecule has 0 saturated carbocycles. The van der Waals surface area contributed by atoms with Crippen LogP contribution in [0.15, 0.2) is 24.3 Å². The quantitative estimate of drug-likeness (QED) is 0.791. The molecule has 21 heavy (non-hydrogen) atoms. The number of aryl methyl sites for hydroxylation is 3. The second-order valence-corrected chi connectivity index (χ2v) is 5.23. The van der Waals surface area contributed by atoms with Crippen molar-refractivity contribution >= 4 is 17.5 Å². The molecule has 0 fully saturated rings. The fourth-order valence-corrected chi connectivity index (χ4v) is 2.14. The van der Waals surface area contributed by atoms with E-state index < -0.39 is 0 Å². The van der Waals surface area contributed by atoms with Gasteiger partial charge in [-0.3, -0.25) is 9.59 Å². The summed E-state index contributed by atoms with van der Waals surface area (Å²) in [6.45, 7) is 7.96. The second kappa shape index (κ2) is 8.25. The Morgan fingerprint density at radius 2 is 1.76 bits per heavy atom. The second-order valence-electron chi connectivity index (χ2n) is 5.23. The molecule has 0 unspecified atom stereocenters. The summed E-state index contributed by atoms with van der Waals surface area (Å²) in [7, 11) is 0. The van der Waals surface area contributed by atoms with Crippen LogP contribution in [-0.4, -0.2) is 18.4 Å². The van der Waals surface area contributed by atoms with Gasteiger partial charge >= 0.3 is 0 Å². The molecule has 2 N–H and O–H groups in total. The van der Waals surface area contributed by atoms with E-state index in [1.54, 1.807) is 0 Å². The van der Waals surface area contributed by atoms with Crippen LogP contribution < -0.4 is 10.6 Å². The van der Waals surface area contributed by atoms with E-state index >= 15 is 0 Å². The summed E-state index contributed by atoms with van der Waals surface area (Å²) in [4.78, 5) is 23.4. The molecule has 1 rings (SSSR count). The van der Waals surface area contributed by atoms with Gasteiger partial charge in [0.1, 0.15) is 0 Å². The number of allylic oxidation sites excluding steroid dienone is 1. The molecule has 0 aromatic heterocycles. The Kier molecular flexibility index (Phi) is 6.66. The van der Waals surface area contributed by atoms with Crippen molar-refractivity contribution in [1.82, 2.24) is 5.32 Å². The largest absolute Gasteiger partial charge is 0.343 e. The predicted molar refractivity (Wildman–Crippen MR) is 86.3 cm³/mol. The maximum absolute atomic E-state index is 11.9. The fraction of sp³-hybridized carbons (Fsp3) is 0.412. The van der Waals surface area contributed by atoms with Crippen molar-refractivity contribution in [3.8, 4) is 0 Å². The Morgan fingerprint density at radius 1 is 1.14 bits per heavy atom. The van der Waals surface area contributed by atoms with Gasteiger partial charge in [-0.25, -0.2) is 0 Å². The van der Waals surface area contributed by atoms with E-state index in [2.05, 4.69) is 10.6 Å². The Labute approximate surface area is 126 Å². The molecular formula is C17H24N2O2. The standard InChI is InChI=1S/C17H24N2O2/c1-5-6-7-8-15(20)18-11-16(21)19-17-13(3)9-12(2)10-14(17)4/h7-10H,5-6,11H2,1-4H3,(H,18,20)(H,19,21)/b8-7-. The highest BCUT2D eigenvalue weighted by atomic mass is 16.2. The number of anilines is 1. The number of hydrogen-bond acceptors (Lipinski definition) is 2. The fourth-order valence-electron chi connectivity index (χ4n) is 2.14. The van der Waals surface area contributed by atoms with Gasteiger partial charge in [-0.05, 0) is 44.4 Å². The van der Waals surface area contributed by atoms with Gasteiger partial charge in [0.05, 0.1) is 6.54 Å². The third kappa shape index (κ3) is 5.81. The lowest BCUT2D eigenvalue weighted by atomic mass is 10.1. The molecule has 1 aromatic carbocycles. The molecule has 0 bridgehead atoms. The molecule has 4 heteroatoms. The zero-order valence-electron chi connectivity index (χ0n) is 13.2. The number of hydrogen-bond donors (Lipinski definition) is 2. The van der Waals surface area contributed by atoms with Crippen molar-refractivity contribution in [3.63, 3.8) is 0 Å². The number of unbranched alkanes of at least 4 members (excludes halogenated alkanes) is 1. The molecule has 2 amide bonds. The summed E-state index contributed by atoms with van der Waals surface area (Å²) in [6, 6.07) is 4.05. The maximum Gasteiger partial charge on any atom is 0.244 e. The van der Waals surface area contributed by atoms with Crippen LogP contribution in [0.2, 0.25) is 0 Å². The van der Waals surface area contributed by atoms with Crippen LogP contribution in [0.5, 0.6) is 0 Å². The van der Waals surface area contributed by atoms with Crippen molar-refractivity contribution in [2.75, 3.05) is 11.9 Å². The number of carbonyl (C=O) groups is 2. The van der Waals surface area contributed by atoms with Crippen molar-refractivity contribution in [3.05, 3.63) is 41.0 Å². The van der Waals surface area contributed by atoms with Gasteiger partial charge in [0, 0.05) is 5.69 Å². The minimum atomic E-state index is -0.240. The summed E-state index contributed by atoms with van der Waals surface area (Å²) in [5.41, 5.74) is 4.03. The third-order valence-corrected chi connectivity index (χ3v) is 3.09. The Bertz CT molecular complexity index is 525. The number of nitrogens with one attached hydrogen (secondary N) is 2. The van der Waals surface area contributed by atoms with E-state index in [1.165, 1.54) is 6.08 Å². The molecular weight excluding hydrogens is 264 g/mol. The van der Waals surface area contributed by atoms with Crippen LogP contribution in [0.25, 0.3) is 0 Å². The molecule has 0 spiro atoms. The van der Waals surface area contributed by atoms with Gasteiger partial charge in [-0.2, -0.15) is 0 Å². The van der Waals surface area contributed by atoms with Gasteiger partial charge < -0.3 is 10.6 Å². The number of rotatable bonds is 6. The van der Waals surface area contributed by atoms with Gasteiger partial charge in [0.25, 0.3) is 0 Å². The smallest absolute Gasteiger partial charge is 0.244 e. The Balaban J connectivity index is 2.53. The highest BCUT2D eigenvalue weighted by Gasteiger charge is 2.08. The highest BCUT2D eigenvalue weighted by Crippen LogP contribution is 2.21. The van der Waals surface area contributed by atoms with Gasteiger partial charge in [0.15, 0.2) is 0 Å². The first-order chi connectivity index (χ1) is 9.93. The molecule has 0 aliphatic rings. The van der Waals surface area contributed by atoms with E-state index in [9.17, 15) is 9.59 Å². The Hall–Kier alpha value is -2.10. The first-order valence-electron chi connectivity index (χ1n) is 7.26. The molecule has 0 aliphatic heterocycles. The summed E-state index contributed by atoms with van der Waals surface area (Å²) in [6.07, 6.45) is 5.14. The number of carbonyl (C=O) groups excluding carboxylic acids is 2. The summed E-state index contributed by atoms with van der Waals surface area (Å²) in [5.74, 6) is -0.460. The molecule has 0 saturated heterocycles. The van der Waals surface area contributed by atoms with Crippen LogP contribution in [0.4, 0.5) is 5.69 Å². The lowest BCUT2D eigenvalue weighted by Gasteiger charge is -2.13. The average molecular weight is 288 g/mol. The van der Waals surface area contributed by atoms with E-state index in [0.717, 1.165) is 35.2 Å². The maximum atomic E-state index is 11.9. The first kappa shape index (κ1) is 17.0. The predicted octanol–water partition coefficient (Wildman–Crippen LogP) is 3.02. The summed E-state index contributed by atoms with van der Waals surface area (Å²) < 4.78 is 0. The van der Waals surface area contributed by atoms with Crippen LogP contribution in [-0.2, 0) is 9.59 Å². The van der Waals surface area contributed by atoms with Crippen LogP contribution in [0.1, 0.15) is 36.5 Å². The van der Waals surface area contributed by atoms with Crippen molar-refractivity contribution in [2.24, 2.45) is 0 Å². The zero-order chi connectivity index (χ0) is 15.8. The minimum Gasteiger partial charge on any atom is -0.343 e. The van der Waals surface area contributed by atoms with Gasteiger partial charge in [0.2, 0.25) is 11.8 Å². The van der Waals surface area contributed by atoms with Crippen molar-refractivity contribution in [2.45, 2.75) is 40.5 Å². The normalized spacial score (nSPS) is 10.7. The van der Waals surface area contributed by atoms with Crippen LogP contribution in [0, 0.1) is 20.8 Å². The highest BCUT2D eigenvalue weighted by molar-refractivity contribution is 5.97. The lowest BCUT2D eigenvalue weighted by Crippen LogP contribution is -2.32. The minimum absolute atomic E-state index is 0.0257. The third-order valence-electron chi connectivity index (χ3n) is 3.09. The van der Waals surface area contributed by atoms with E-state index in [1.807, 2.05) is 45.9 Å². The van der Waals surface area contributed by atoms with Crippen molar-refractivity contribution in [1.29, 1.82) is 0 Å². The molecule has 114 valence electrons. The summed E-state index contributed by atoms with van der Waals surface area (Å²) in [5, 5.41) is 5.42. The van der Waals surface area contributed by atoms with Gasteiger partial charge in [-0.15, -0.1) is 0 Å². The molecule has 0 heterocycles. The van der Waals surface area contributed by atoms with E-state index in [4.69, 9.17) is 0 Å². The summed E-state index contributed by atoms with van der Waals surface area (Å²) >= 11 is 0. The van der Waals surface area contributed by atoms with Crippen LogP contribution >= 0.6 is 0 Å². The zero-order valence-corrected chi connectivity index (χ0v) is 13.2. The average Bonchev–Trinajstić information content (AvgIpc) is 2.41. The molecule has 4 nitrogen and oxygen atoms in total. The van der Waals surface area contributed by atoms with Gasteiger partial charge in [-0.1, -0.05) is 37.1 Å². The molecule has 0 atom stereocenters. The molecule has 0 aliphatic carbocycles. The molecule has 0 radical (unpaired) electrons. The topological polar surface area (TPSA) is 58.2 Å².